The Kier molecular flexibility index (Phi) is 3.86. The Morgan fingerprint density at radius 1 is 1.00 bits per heavy atom. The Labute approximate surface area is 161 Å². The number of amides is 3. The Morgan fingerprint density at radius 3 is 2.21 bits per heavy atom. The molecule has 28 heavy (non-hydrogen) atoms. The SMILES string of the molecule is O=C(COC(=O)CN1C(=O)[C@H]2[C@@H]3C=C[C@H]([C@@H]4C[C@H]34)[C@@H]2C1=O)Nc1ccccc1. The largest absolute Gasteiger partial charge is 0.454 e. The van der Waals surface area contributed by atoms with E-state index in [1.165, 1.54) is 0 Å². The van der Waals surface area contributed by atoms with Gasteiger partial charge in [0.15, 0.2) is 6.61 Å². The molecule has 1 N–H and O–H groups in total. The Bertz CT molecular complexity index is 859. The molecule has 5 aliphatic rings. The highest BCUT2D eigenvalue weighted by atomic mass is 16.5. The summed E-state index contributed by atoms with van der Waals surface area (Å²) in [5.41, 5.74) is 0.596. The molecular weight excluding hydrogens is 360 g/mol. The number of para-hydroxylation sites is 1. The average molecular weight is 380 g/mol. The summed E-state index contributed by atoms with van der Waals surface area (Å²) in [5.74, 6) is -1.17. The van der Waals surface area contributed by atoms with Crippen LogP contribution in [0.2, 0.25) is 0 Å². The van der Waals surface area contributed by atoms with E-state index in [-0.39, 0.29) is 35.5 Å². The number of hydrogen-bond donors (Lipinski definition) is 1. The van der Waals surface area contributed by atoms with Crippen molar-refractivity contribution in [2.75, 3.05) is 18.5 Å². The molecule has 3 fully saturated rings. The zero-order valence-corrected chi connectivity index (χ0v) is 15.1. The van der Waals surface area contributed by atoms with Crippen LogP contribution in [-0.4, -0.2) is 41.7 Å². The molecule has 6 rings (SSSR count). The van der Waals surface area contributed by atoms with Gasteiger partial charge in [0.1, 0.15) is 6.54 Å². The number of nitrogens with zero attached hydrogens (tertiary/aromatic N) is 1. The number of carbonyl (C=O) groups excluding carboxylic acids is 4. The van der Waals surface area contributed by atoms with Crippen molar-refractivity contribution in [3.8, 4) is 0 Å². The van der Waals surface area contributed by atoms with Gasteiger partial charge < -0.3 is 10.1 Å². The minimum absolute atomic E-state index is 0.120. The van der Waals surface area contributed by atoms with Crippen LogP contribution in [-0.2, 0) is 23.9 Å². The monoisotopic (exact) mass is 380 g/mol. The van der Waals surface area contributed by atoms with Gasteiger partial charge in [-0.25, -0.2) is 0 Å². The summed E-state index contributed by atoms with van der Waals surface area (Å²) in [6, 6.07) is 8.81. The maximum absolute atomic E-state index is 12.8. The molecule has 1 aromatic rings. The van der Waals surface area contributed by atoms with Crippen LogP contribution < -0.4 is 5.32 Å². The number of anilines is 1. The average Bonchev–Trinajstić information content (AvgIpc) is 3.48. The van der Waals surface area contributed by atoms with E-state index < -0.39 is 25.0 Å². The van der Waals surface area contributed by atoms with Gasteiger partial charge in [-0.3, -0.25) is 24.1 Å². The molecule has 0 spiro atoms. The molecule has 1 heterocycles. The normalized spacial score (nSPS) is 34.1. The number of ether oxygens (including phenoxy) is 1. The molecule has 0 aromatic heterocycles. The summed E-state index contributed by atoms with van der Waals surface area (Å²) < 4.78 is 4.97. The molecule has 7 heteroatoms. The number of benzene rings is 1. The van der Waals surface area contributed by atoms with Gasteiger partial charge in [-0.1, -0.05) is 30.4 Å². The second-order valence-corrected chi connectivity index (χ2v) is 7.99. The highest BCUT2D eigenvalue weighted by Gasteiger charge is 2.67. The Hall–Kier alpha value is -2.96. The quantitative estimate of drug-likeness (QED) is 0.471. The molecule has 1 aromatic carbocycles. The molecule has 4 aliphatic carbocycles. The molecule has 0 unspecified atom stereocenters. The van der Waals surface area contributed by atoms with Crippen molar-refractivity contribution in [2.45, 2.75) is 6.42 Å². The predicted molar refractivity (Wildman–Crippen MR) is 97.4 cm³/mol. The lowest BCUT2D eigenvalue weighted by molar-refractivity contribution is -0.154. The van der Waals surface area contributed by atoms with E-state index in [0.29, 0.717) is 17.5 Å². The van der Waals surface area contributed by atoms with Gasteiger partial charge in [0.2, 0.25) is 11.8 Å². The van der Waals surface area contributed by atoms with E-state index in [1.54, 1.807) is 24.3 Å². The third-order valence-electron chi connectivity index (χ3n) is 6.46. The lowest BCUT2D eigenvalue weighted by atomic mass is 9.63. The first-order chi connectivity index (χ1) is 13.5. The van der Waals surface area contributed by atoms with Gasteiger partial charge in [0, 0.05) is 5.69 Å². The third-order valence-corrected chi connectivity index (χ3v) is 6.46. The van der Waals surface area contributed by atoms with Gasteiger partial charge in [-0.05, 0) is 42.2 Å². The summed E-state index contributed by atoms with van der Waals surface area (Å²) in [6.07, 6.45) is 5.26. The standard InChI is InChI=1S/C21H20N2O5/c24-16(22-11-4-2-1-3-5-11)10-28-17(25)9-23-20(26)18-12-6-7-13(15-8-14(12)15)19(18)21(23)27/h1-7,12-15,18-19H,8-10H2,(H,22,24)/t12-,13-,14-,15+,18+,19+/m1/s1. The van der Waals surface area contributed by atoms with Crippen molar-refractivity contribution in [3.63, 3.8) is 0 Å². The van der Waals surface area contributed by atoms with Crippen molar-refractivity contribution in [1.29, 1.82) is 0 Å². The van der Waals surface area contributed by atoms with E-state index >= 15 is 0 Å². The first-order valence-electron chi connectivity index (χ1n) is 9.58. The molecule has 1 aliphatic heterocycles. The second kappa shape index (κ2) is 6.29. The van der Waals surface area contributed by atoms with Crippen molar-refractivity contribution in [1.82, 2.24) is 4.90 Å². The molecule has 7 nitrogen and oxygen atoms in total. The van der Waals surface area contributed by atoms with Crippen LogP contribution in [0.5, 0.6) is 0 Å². The minimum Gasteiger partial charge on any atom is -0.454 e. The van der Waals surface area contributed by atoms with E-state index in [1.807, 2.05) is 6.07 Å². The van der Waals surface area contributed by atoms with Crippen molar-refractivity contribution < 1.29 is 23.9 Å². The van der Waals surface area contributed by atoms with Crippen LogP contribution in [0.3, 0.4) is 0 Å². The molecule has 2 bridgehead atoms. The number of esters is 1. The lowest BCUT2D eigenvalue weighted by Crippen LogP contribution is -2.40. The third kappa shape index (κ3) is 2.65. The summed E-state index contributed by atoms with van der Waals surface area (Å²) in [6.45, 7) is -0.897. The van der Waals surface area contributed by atoms with Gasteiger partial charge in [-0.2, -0.15) is 0 Å². The zero-order valence-electron chi connectivity index (χ0n) is 15.1. The Morgan fingerprint density at radius 2 is 1.61 bits per heavy atom. The highest BCUT2D eigenvalue weighted by Crippen LogP contribution is 2.65. The van der Waals surface area contributed by atoms with Crippen molar-refractivity contribution >= 4 is 29.4 Å². The van der Waals surface area contributed by atoms with Crippen LogP contribution in [0.4, 0.5) is 5.69 Å². The number of carbonyl (C=O) groups is 4. The van der Waals surface area contributed by atoms with E-state index in [2.05, 4.69) is 17.5 Å². The van der Waals surface area contributed by atoms with Crippen LogP contribution >= 0.6 is 0 Å². The van der Waals surface area contributed by atoms with Crippen LogP contribution in [0.1, 0.15) is 6.42 Å². The van der Waals surface area contributed by atoms with Gasteiger partial charge in [0.05, 0.1) is 11.8 Å². The summed E-state index contributed by atoms with van der Waals surface area (Å²) in [4.78, 5) is 50.7. The maximum atomic E-state index is 12.8. The zero-order chi connectivity index (χ0) is 19.4. The maximum Gasteiger partial charge on any atom is 0.326 e. The van der Waals surface area contributed by atoms with Crippen molar-refractivity contribution in [3.05, 3.63) is 42.5 Å². The van der Waals surface area contributed by atoms with Crippen LogP contribution in [0.15, 0.2) is 42.5 Å². The Balaban J connectivity index is 1.18. The molecule has 1 saturated heterocycles. The smallest absolute Gasteiger partial charge is 0.326 e. The topological polar surface area (TPSA) is 92.8 Å². The summed E-state index contributed by atoms with van der Waals surface area (Å²) >= 11 is 0. The highest BCUT2D eigenvalue weighted by molar-refractivity contribution is 6.08. The number of allylic oxidation sites excluding steroid dienone is 2. The van der Waals surface area contributed by atoms with Crippen LogP contribution in [0.25, 0.3) is 0 Å². The molecule has 6 atom stereocenters. The predicted octanol–water partition coefficient (Wildman–Crippen LogP) is 1.22. The fourth-order valence-corrected chi connectivity index (χ4v) is 5.21. The molecule has 0 radical (unpaired) electrons. The first kappa shape index (κ1) is 17.2. The fraction of sp³-hybridized carbons (Fsp3) is 0.429. The molecule has 2 saturated carbocycles. The van der Waals surface area contributed by atoms with Gasteiger partial charge in [0.25, 0.3) is 5.91 Å². The van der Waals surface area contributed by atoms with Crippen molar-refractivity contribution in [2.24, 2.45) is 35.5 Å². The van der Waals surface area contributed by atoms with E-state index in [4.69, 9.17) is 4.74 Å². The molecule has 144 valence electrons. The number of nitrogens with one attached hydrogen (secondary N) is 1. The lowest BCUT2D eigenvalue weighted by Gasteiger charge is -2.37. The first-order valence-corrected chi connectivity index (χ1v) is 9.58. The second-order valence-electron chi connectivity index (χ2n) is 7.99. The molecular formula is C21H20N2O5. The van der Waals surface area contributed by atoms with Gasteiger partial charge >= 0.3 is 5.97 Å². The van der Waals surface area contributed by atoms with Gasteiger partial charge in [-0.15, -0.1) is 0 Å². The van der Waals surface area contributed by atoms with Crippen LogP contribution in [0, 0.1) is 35.5 Å². The number of imide groups is 1. The van der Waals surface area contributed by atoms with E-state index in [0.717, 1.165) is 11.3 Å². The number of hydrogen-bond acceptors (Lipinski definition) is 5. The fourth-order valence-electron chi connectivity index (χ4n) is 5.21. The number of likely N-dealkylation sites (tertiary alicyclic amines) is 1. The molecule has 3 amide bonds. The summed E-state index contributed by atoms with van der Waals surface area (Å²) in [7, 11) is 0. The number of rotatable bonds is 5. The van der Waals surface area contributed by atoms with E-state index in [9.17, 15) is 19.2 Å². The summed E-state index contributed by atoms with van der Waals surface area (Å²) in [5, 5.41) is 2.61. The minimum atomic E-state index is -0.756.